The van der Waals surface area contributed by atoms with Crippen molar-refractivity contribution in [2.45, 2.75) is 18.9 Å². The Morgan fingerprint density at radius 2 is 1.94 bits per heavy atom. The molecule has 0 radical (unpaired) electrons. The summed E-state index contributed by atoms with van der Waals surface area (Å²) in [4.78, 5) is 9.04. The Bertz CT molecular complexity index is 367. The largest absolute Gasteiger partial charge is 0.384 e. The highest BCUT2D eigenvalue weighted by Crippen LogP contribution is 2.28. The van der Waals surface area contributed by atoms with E-state index in [0.29, 0.717) is 5.82 Å². The molecule has 16 heavy (non-hydrogen) atoms. The van der Waals surface area contributed by atoms with E-state index in [1.54, 1.807) is 6.20 Å². The molecule has 0 aromatic carbocycles. The highest BCUT2D eigenvalue weighted by molar-refractivity contribution is 5.52. The van der Waals surface area contributed by atoms with Crippen molar-refractivity contribution in [3.8, 4) is 0 Å². The molecule has 1 aliphatic carbocycles. The molecule has 2 heterocycles. The van der Waals surface area contributed by atoms with Crippen LogP contribution in [0, 0.1) is 0 Å². The summed E-state index contributed by atoms with van der Waals surface area (Å²) in [5.74, 6) is 0.613. The average molecular weight is 218 g/mol. The third-order valence-corrected chi connectivity index (χ3v) is 3.51. The number of aromatic nitrogens is 1. The van der Waals surface area contributed by atoms with E-state index in [-0.39, 0.29) is 0 Å². The Balaban J connectivity index is 1.64. The van der Waals surface area contributed by atoms with E-state index < -0.39 is 0 Å². The summed E-state index contributed by atoms with van der Waals surface area (Å²) in [7, 11) is 0. The fraction of sp³-hybridized carbons (Fsp3) is 0.583. The Morgan fingerprint density at radius 3 is 2.56 bits per heavy atom. The van der Waals surface area contributed by atoms with Gasteiger partial charge in [0.1, 0.15) is 5.82 Å². The topological polar surface area (TPSA) is 45.4 Å². The number of nitrogens with zero attached hydrogens (tertiary/aromatic N) is 3. The van der Waals surface area contributed by atoms with Crippen molar-refractivity contribution < 1.29 is 0 Å². The molecule has 86 valence electrons. The lowest BCUT2D eigenvalue weighted by molar-refractivity contribution is 0.248. The maximum absolute atomic E-state index is 5.70. The Kier molecular flexibility index (Phi) is 2.44. The van der Waals surface area contributed by atoms with Crippen LogP contribution in [0.25, 0.3) is 0 Å². The first-order valence-corrected chi connectivity index (χ1v) is 6.03. The first-order valence-electron chi connectivity index (χ1n) is 6.03. The van der Waals surface area contributed by atoms with E-state index >= 15 is 0 Å². The van der Waals surface area contributed by atoms with Gasteiger partial charge in [-0.15, -0.1) is 0 Å². The molecule has 0 spiro atoms. The minimum Gasteiger partial charge on any atom is -0.384 e. The van der Waals surface area contributed by atoms with Crippen molar-refractivity contribution in [2.75, 3.05) is 36.8 Å². The number of hydrogen-bond donors (Lipinski definition) is 1. The molecule has 2 fully saturated rings. The van der Waals surface area contributed by atoms with Gasteiger partial charge in [0, 0.05) is 50.2 Å². The summed E-state index contributed by atoms with van der Waals surface area (Å²) < 4.78 is 0. The molecule has 1 saturated carbocycles. The third kappa shape index (κ3) is 1.97. The predicted octanol–water partition coefficient (Wildman–Crippen LogP) is 0.948. The summed E-state index contributed by atoms with van der Waals surface area (Å²) in [6.07, 6.45) is 4.60. The minimum absolute atomic E-state index is 0.613. The molecule has 0 bridgehead atoms. The first-order chi connectivity index (χ1) is 7.83. The number of pyridine rings is 1. The second-order valence-corrected chi connectivity index (χ2v) is 4.69. The maximum Gasteiger partial charge on any atom is 0.125 e. The van der Waals surface area contributed by atoms with Gasteiger partial charge in [-0.1, -0.05) is 0 Å². The molecule has 1 aliphatic heterocycles. The van der Waals surface area contributed by atoms with Crippen molar-refractivity contribution in [1.29, 1.82) is 0 Å². The van der Waals surface area contributed by atoms with Gasteiger partial charge in [-0.25, -0.2) is 4.98 Å². The van der Waals surface area contributed by atoms with Gasteiger partial charge in [0.2, 0.25) is 0 Å². The zero-order chi connectivity index (χ0) is 11.0. The quantitative estimate of drug-likeness (QED) is 0.802. The molecule has 1 saturated heterocycles. The van der Waals surface area contributed by atoms with Crippen LogP contribution in [-0.2, 0) is 0 Å². The van der Waals surface area contributed by atoms with Gasteiger partial charge < -0.3 is 10.6 Å². The molecule has 4 heteroatoms. The highest BCUT2D eigenvalue weighted by Gasteiger charge is 2.31. The van der Waals surface area contributed by atoms with Crippen LogP contribution < -0.4 is 10.6 Å². The monoisotopic (exact) mass is 218 g/mol. The van der Waals surface area contributed by atoms with Gasteiger partial charge in [-0.05, 0) is 18.9 Å². The molecular weight excluding hydrogens is 200 g/mol. The maximum atomic E-state index is 5.70. The molecule has 0 amide bonds. The number of piperazine rings is 1. The van der Waals surface area contributed by atoms with Gasteiger partial charge >= 0.3 is 0 Å². The van der Waals surface area contributed by atoms with Crippen molar-refractivity contribution in [2.24, 2.45) is 0 Å². The second kappa shape index (κ2) is 3.94. The van der Waals surface area contributed by atoms with Crippen LogP contribution in [0.2, 0.25) is 0 Å². The van der Waals surface area contributed by atoms with E-state index in [2.05, 4.69) is 14.8 Å². The SMILES string of the molecule is Nc1cc(N2CCN(C3CC3)CC2)ccn1. The lowest BCUT2D eigenvalue weighted by Crippen LogP contribution is -2.47. The molecule has 1 aromatic rings. The van der Waals surface area contributed by atoms with Crippen molar-refractivity contribution >= 4 is 11.5 Å². The summed E-state index contributed by atoms with van der Waals surface area (Å²) in [5, 5.41) is 0. The number of anilines is 2. The summed E-state index contributed by atoms with van der Waals surface area (Å²) in [5.41, 5.74) is 6.91. The minimum atomic E-state index is 0.613. The van der Waals surface area contributed by atoms with Crippen molar-refractivity contribution in [3.05, 3.63) is 18.3 Å². The number of nitrogen functional groups attached to an aromatic ring is 1. The zero-order valence-corrected chi connectivity index (χ0v) is 9.47. The fourth-order valence-corrected chi connectivity index (χ4v) is 2.42. The predicted molar refractivity (Wildman–Crippen MR) is 65.5 cm³/mol. The number of hydrogen-bond acceptors (Lipinski definition) is 4. The zero-order valence-electron chi connectivity index (χ0n) is 9.47. The lowest BCUT2D eigenvalue weighted by atomic mass is 10.2. The number of nitrogens with two attached hydrogens (primary N) is 1. The first kappa shape index (κ1) is 9.90. The molecular formula is C12H18N4. The molecule has 3 rings (SSSR count). The van der Waals surface area contributed by atoms with E-state index in [9.17, 15) is 0 Å². The van der Waals surface area contributed by atoms with Crippen LogP contribution >= 0.6 is 0 Å². The van der Waals surface area contributed by atoms with Gasteiger partial charge in [0.05, 0.1) is 0 Å². The van der Waals surface area contributed by atoms with Crippen LogP contribution in [0.3, 0.4) is 0 Å². The average Bonchev–Trinajstić information content (AvgIpc) is 3.13. The van der Waals surface area contributed by atoms with Crippen LogP contribution in [0.4, 0.5) is 11.5 Å². The molecule has 0 unspecified atom stereocenters. The fourth-order valence-electron chi connectivity index (χ4n) is 2.42. The van der Waals surface area contributed by atoms with Gasteiger partial charge in [0.25, 0.3) is 0 Å². The molecule has 2 aliphatic rings. The Morgan fingerprint density at radius 1 is 1.19 bits per heavy atom. The van der Waals surface area contributed by atoms with Crippen LogP contribution in [0.1, 0.15) is 12.8 Å². The van der Waals surface area contributed by atoms with Gasteiger partial charge in [-0.2, -0.15) is 0 Å². The Labute approximate surface area is 96.1 Å². The van der Waals surface area contributed by atoms with Crippen molar-refractivity contribution in [1.82, 2.24) is 9.88 Å². The van der Waals surface area contributed by atoms with Gasteiger partial charge in [-0.3, -0.25) is 4.90 Å². The highest BCUT2D eigenvalue weighted by atomic mass is 15.3. The summed E-state index contributed by atoms with van der Waals surface area (Å²) in [6.45, 7) is 4.60. The van der Waals surface area contributed by atoms with Gasteiger partial charge in [0.15, 0.2) is 0 Å². The van der Waals surface area contributed by atoms with E-state index in [1.807, 2.05) is 12.1 Å². The standard InChI is InChI=1S/C12H18N4/c13-12-9-11(3-4-14-12)16-7-5-15(6-8-16)10-1-2-10/h3-4,9-10H,1-2,5-8H2,(H2,13,14). The Hall–Kier alpha value is -1.29. The molecule has 4 nitrogen and oxygen atoms in total. The number of rotatable bonds is 2. The summed E-state index contributed by atoms with van der Waals surface area (Å²) >= 11 is 0. The van der Waals surface area contributed by atoms with E-state index in [1.165, 1.54) is 31.6 Å². The van der Waals surface area contributed by atoms with Crippen LogP contribution in [0.15, 0.2) is 18.3 Å². The molecule has 2 N–H and O–H groups in total. The lowest BCUT2D eigenvalue weighted by Gasteiger charge is -2.36. The van der Waals surface area contributed by atoms with Crippen LogP contribution in [0.5, 0.6) is 0 Å². The third-order valence-electron chi connectivity index (χ3n) is 3.51. The van der Waals surface area contributed by atoms with Crippen molar-refractivity contribution in [3.63, 3.8) is 0 Å². The molecule has 1 aromatic heterocycles. The van der Waals surface area contributed by atoms with E-state index in [4.69, 9.17) is 5.73 Å². The second-order valence-electron chi connectivity index (χ2n) is 4.69. The normalized spacial score (nSPS) is 22.4. The molecule has 0 atom stereocenters. The van der Waals surface area contributed by atoms with Crippen LogP contribution in [-0.4, -0.2) is 42.1 Å². The smallest absolute Gasteiger partial charge is 0.125 e. The van der Waals surface area contributed by atoms with E-state index in [0.717, 1.165) is 19.1 Å². The summed E-state index contributed by atoms with van der Waals surface area (Å²) in [6, 6.07) is 4.90.